The normalized spacial score (nSPS) is 14.6. The van der Waals surface area contributed by atoms with E-state index >= 15 is 0 Å². The first-order valence-corrected chi connectivity index (χ1v) is 9.33. The van der Waals surface area contributed by atoms with E-state index in [1.165, 1.54) is 0 Å². The minimum Gasteiger partial charge on any atom is -0.493 e. The molecule has 12 nitrogen and oxygen atoms in total. The van der Waals surface area contributed by atoms with Crippen molar-refractivity contribution in [2.75, 3.05) is 51.6 Å². The molecule has 176 valence electrons. The van der Waals surface area contributed by atoms with Gasteiger partial charge in [-0.1, -0.05) is 0 Å². The lowest BCUT2D eigenvalue weighted by atomic mass is 10.2. The van der Waals surface area contributed by atoms with Gasteiger partial charge in [0.15, 0.2) is 11.5 Å². The fraction of sp³-hybridized carbons (Fsp3) is 0.526. The molecule has 0 aliphatic carbocycles. The lowest BCUT2D eigenvalue weighted by molar-refractivity contribution is -0.130. The van der Waals surface area contributed by atoms with E-state index in [0.717, 1.165) is 19.3 Å². The van der Waals surface area contributed by atoms with Crippen molar-refractivity contribution in [3.63, 3.8) is 0 Å². The summed E-state index contributed by atoms with van der Waals surface area (Å²) < 4.78 is 16.0. The SMILES string of the molecule is COc1cc2nc(N(C)CCCNC(=O)C3CCCO3)nc(N)c2cc1OC.O.O.O. The van der Waals surface area contributed by atoms with Crippen molar-refractivity contribution < 1.29 is 35.4 Å². The topological polar surface area (TPSA) is 206 Å². The van der Waals surface area contributed by atoms with Crippen molar-refractivity contribution >= 4 is 28.6 Å². The fourth-order valence-corrected chi connectivity index (χ4v) is 3.16. The van der Waals surface area contributed by atoms with Crippen LogP contribution in [-0.4, -0.2) is 79.4 Å². The summed E-state index contributed by atoms with van der Waals surface area (Å²) in [5, 5.41) is 3.62. The summed E-state index contributed by atoms with van der Waals surface area (Å²) in [4.78, 5) is 22.8. The Hall–Kier alpha value is -2.93. The van der Waals surface area contributed by atoms with Crippen LogP contribution in [0.4, 0.5) is 11.8 Å². The third kappa shape index (κ3) is 6.52. The number of hydrogen-bond donors (Lipinski definition) is 2. The number of aromatic nitrogens is 2. The van der Waals surface area contributed by atoms with Gasteiger partial charge in [0.2, 0.25) is 11.9 Å². The van der Waals surface area contributed by atoms with Gasteiger partial charge in [-0.25, -0.2) is 4.98 Å². The van der Waals surface area contributed by atoms with Crippen molar-refractivity contribution in [3.05, 3.63) is 12.1 Å². The Morgan fingerprint density at radius 2 is 1.90 bits per heavy atom. The van der Waals surface area contributed by atoms with Crippen molar-refractivity contribution in [1.29, 1.82) is 0 Å². The number of fused-ring (bicyclic) bond motifs is 1. The van der Waals surface area contributed by atoms with E-state index in [1.54, 1.807) is 26.4 Å². The molecule has 1 fully saturated rings. The largest absolute Gasteiger partial charge is 0.493 e. The average Bonchev–Trinajstić information content (AvgIpc) is 3.24. The Morgan fingerprint density at radius 1 is 1.23 bits per heavy atom. The molecule has 1 aromatic carbocycles. The highest BCUT2D eigenvalue weighted by atomic mass is 16.5. The summed E-state index contributed by atoms with van der Waals surface area (Å²) in [6.07, 6.45) is 2.19. The van der Waals surface area contributed by atoms with Gasteiger partial charge in [0.1, 0.15) is 11.9 Å². The smallest absolute Gasteiger partial charge is 0.249 e. The van der Waals surface area contributed by atoms with Crippen molar-refractivity contribution in [2.24, 2.45) is 0 Å². The summed E-state index contributed by atoms with van der Waals surface area (Å²) in [6.45, 7) is 1.90. The molecule has 3 rings (SSSR count). The van der Waals surface area contributed by atoms with E-state index in [2.05, 4.69) is 15.3 Å². The highest BCUT2D eigenvalue weighted by Crippen LogP contribution is 2.33. The Morgan fingerprint density at radius 3 is 2.52 bits per heavy atom. The number of nitrogen functional groups attached to an aromatic ring is 1. The molecule has 1 saturated heterocycles. The average molecular weight is 444 g/mol. The summed E-state index contributed by atoms with van der Waals surface area (Å²) in [5.74, 6) is 2.02. The Labute approximate surface area is 180 Å². The second-order valence-electron chi connectivity index (χ2n) is 6.70. The number of carbonyl (C=O) groups is 1. The number of nitrogens with two attached hydrogens (primary N) is 1. The van der Waals surface area contributed by atoms with Crippen molar-refractivity contribution in [1.82, 2.24) is 15.3 Å². The van der Waals surface area contributed by atoms with Crippen LogP contribution >= 0.6 is 0 Å². The molecule has 0 spiro atoms. The lowest BCUT2D eigenvalue weighted by Gasteiger charge is -2.19. The second kappa shape index (κ2) is 12.7. The monoisotopic (exact) mass is 443 g/mol. The number of benzene rings is 1. The molecule has 0 saturated carbocycles. The van der Waals surface area contributed by atoms with E-state index in [-0.39, 0.29) is 28.4 Å². The molecule has 0 radical (unpaired) electrons. The Bertz CT molecular complexity index is 846. The number of hydrogen-bond acceptors (Lipinski definition) is 8. The number of nitrogens with one attached hydrogen (secondary N) is 1. The van der Waals surface area contributed by atoms with E-state index in [4.69, 9.17) is 19.9 Å². The third-order valence-corrected chi connectivity index (χ3v) is 4.75. The second-order valence-corrected chi connectivity index (χ2v) is 6.70. The van der Waals surface area contributed by atoms with Gasteiger partial charge in [-0.3, -0.25) is 4.79 Å². The molecule has 1 unspecified atom stereocenters. The molecule has 0 bridgehead atoms. The number of rotatable bonds is 8. The van der Waals surface area contributed by atoms with E-state index in [0.29, 0.717) is 53.9 Å². The van der Waals surface area contributed by atoms with Gasteiger partial charge in [0.05, 0.1) is 19.7 Å². The maximum absolute atomic E-state index is 12.0. The molecule has 12 heteroatoms. The van der Waals surface area contributed by atoms with Crippen LogP contribution in [0.5, 0.6) is 11.5 Å². The molecular formula is C19H33N5O7. The van der Waals surface area contributed by atoms with E-state index in [9.17, 15) is 4.79 Å². The minimum absolute atomic E-state index is 0. The number of nitrogens with zero attached hydrogens (tertiary/aromatic N) is 3. The quantitative estimate of drug-likeness (QED) is 0.476. The predicted molar refractivity (Wildman–Crippen MR) is 118 cm³/mol. The first-order valence-electron chi connectivity index (χ1n) is 9.33. The van der Waals surface area contributed by atoms with Crippen LogP contribution in [0, 0.1) is 0 Å². The van der Waals surface area contributed by atoms with Crippen LogP contribution in [0.1, 0.15) is 19.3 Å². The summed E-state index contributed by atoms with van der Waals surface area (Å²) in [5.41, 5.74) is 6.81. The van der Waals surface area contributed by atoms with Gasteiger partial charge in [-0.05, 0) is 25.3 Å². The lowest BCUT2D eigenvalue weighted by Crippen LogP contribution is -2.36. The first-order chi connectivity index (χ1) is 13.5. The van der Waals surface area contributed by atoms with Crippen LogP contribution in [0.25, 0.3) is 10.9 Å². The molecule has 9 N–H and O–H groups in total. The number of amides is 1. The molecule has 1 aromatic heterocycles. The maximum atomic E-state index is 12.0. The standard InChI is InChI=1S/C19H27N5O4.3H2O/c1-24(8-5-7-21-18(25)14-6-4-9-28-14)19-22-13-11-16(27-3)15(26-2)10-12(13)17(20)23-19;;;/h10-11,14H,4-9H2,1-3H3,(H,21,25)(H2,20,22,23);3*1H2. The van der Waals surface area contributed by atoms with Crippen LogP contribution in [0.3, 0.4) is 0 Å². The van der Waals surface area contributed by atoms with E-state index in [1.807, 2.05) is 11.9 Å². The van der Waals surface area contributed by atoms with Crippen LogP contribution < -0.4 is 25.4 Å². The van der Waals surface area contributed by atoms with Crippen molar-refractivity contribution in [3.8, 4) is 11.5 Å². The predicted octanol–water partition coefficient (Wildman–Crippen LogP) is -1.12. The van der Waals surface area contributed by atoms with Crippen molar-refractivity contribution in [2.45, 2.75) is 25.4 Å². The van der Waals surface area contributed by atoms with E-state index < -0.39 is 0 Å². The zero-order chi connectivity index (χ0) is 20.1. The third-order valence-electron chi connectivity index (χ3n) is 4.75. The zero-order valence-corrected chi connectivity index (χ0v) is 18.0. The molecule has 1 amide bonds. The molecule has 31 heavy (non-hydrogen) atoms. The molecule has 2 heterocycles. The number of anilines is 2. The van der Waals surface area contributed by atoms with Crippen LogP contribution in [0.2, 0.25) is 0 Å². The van der Waals surface area contributed by atoms with Crippen LogP contribution in [-0.2, 0) is 9.53 Å². The highest BCUT2D eigenvalue weighted by Gasteiger charge is 2.22. The summed E-state index contributed by atoms with van der Waals surface area (Å²) >= 11 is 0. The van der Waals surface area contributed by atoms with Gasteiger partial charge in [-0.2, -0.15) is 4.98 Å². The molecule has 1 aliphatic rings. The molecule has 1 aliphatic heterocycles. The minimum atomic E-state index is -0.298. The van der Waals surface area contributed by atoms with Gasteiger partial charge in [0, 0.05) is 38.2 Å². The van der Waals surface area contributed by atoms with Gasteiger partial charge >= 0.3 is 0 Å². The summed E-state index contributed by atoms with van der Waals surface area (Å²) in [6, 6.07) is 3.55. The molecule has 1 atom stereocenters. The molecular weight excluding hydrogens is 410 g/mol. The highest BCUT2D eigenvalue weighted by molar-refractivity contribution is 5.91. The van der Waals surface area contributed by atoms with Gasteiger partial charge < -0.3 is 46.6 Å². The Kier molecular flexibility index (Phi) is 11.5. The zero-order valence-electron chi connectivity index (χ0n) is 18.0. The number of carbonyl (C=O) groups excluding carboxylic acids is 1. The first kappa shape index (κ1) is 28.1. The van der Waals surface area contributed by atoms with Crippen LogP contribution in [0.15, 0.2) is 12.1 Å². The Balaban J connectivity index is 0.00000300. The number of methoxy groups -OCH3 is 2. The van der Waals surface area contributed by atoms with Gasteiger partial charge in [0.25, 0.3) is 0 Å². The summed E-state index contributed by atoms with van der Waals surface area (Å²) in [7, 11) is 5.04. The number of ether oxygens (including phenoxy) is 3. The van der Waals surface area contributed by atoms with Gasteiger partial charge in [-0.15, -0.1) is 0 Å². The molecule has 2 aromatic rings. The fourth-order valence-electron chi connectivity index (χ4n) is 3.16. The maximum Gasteiger partial charge on any atom is 0.249 e.